The molecule has 0 aliphatic rings. The largest absolute Gasteiger partial charge is 0.497 e. The number of nitrogens with zero attached hydrogens (tertiary/aromatic N) is 1. The van der Waals surface area contributed by atoms with E-state index in [1.807, 2.05) is 0 Å². The number of carbonyl (C=O) groups is 3. The van der Waals surface area contributed by atoms with E-state index in [1.54, 1.807) is 18.2 Å². The van der Waals surface area contributed by atoms with Crippen LogP contribution in [0.5, 0.6) is 5.75 Å². The summed E-state index contributed by atoms with van der Waals surface area (Å²) in [7, 11) is 1.46. The Morgan fingerprint density at radius 1 is 0.903 bits per heavy atom. The van der Waals surface area contributed by atoms with Crippen LogP contribution < -0.4 is 20.9 Å². The second kappa shape index (κ2) is 9.70. The summed E-state index contributed by atoms with van der Waals surface area (Å²) in [5.74, 6) is -1.01. The number of benzene rings is 2. The Bertz CT molecular complexity index is 1120. The number of hydrogen-bond donors (Lipinski definition) is 4. The van der Waals surface area contributed by atoms with Gasteiger partial charge in [-0.3, -0.25) is 19.6 Å². The van der Waals surface area contributed by atoms with Crippen LogP contribution in [0.4, 0.5) is 11.5 Å². The molecule has 0 radical (unpaired) electrons. The number of halogens is 1. The number of pyridine rings is 1. The van der Waals surface area contributed by atoms with Crippen LogP contribution >= 0.6 is 11.6 Å². The van der Waals surface area contributed by atoms with E-state index >= 15 is 0 Å². The first-order chi connectivity index (χ1) is 14.9. The molecule has 0 unspecified atom stereocenters. The Labute approximate surface area is 182 Å². The predicted octanol–water partition coefficient (Wildman–Crippen LogP) is 3.37. The molecular weight excluding hydrogens is 424 g/mol. The summed E-state index contributed by atoms with van der Waals surface area (Å²) in [5.41, 5.74) is 2.34. The van der Waals surface area contributed by atoms with Gasteiger partial charge in [0.25, 0.3) is 17.7 Å². The van der Waals surface area contributed by atoms with Crippen LogP contribution in [0.3, 0.4) is 0 Å². The van der Waals surface area contributed by atoms with Crippen LogP contribution in [0.15, 0.2) is 60.8 Å². The fourth-order valence-corrected chi connectivity index (χ4v) is 2.72. The standard InChI is InChI=1S/C21H17ClN4O5/c1-31-15-7-8-17(16(10-15)21(29)25-18-9-6-14(22)11-23-18)24-19(27)12-2-4-13(5-3-12)20(28)26-30/h2-11,30H,1H3,(H,24,27)(H,26,28)(H,23,25,29). The average Bonchev–Trinajstić information content (AvgIpc) is 2.80. The highest BCUT2D eigenvalue weighted by atomic mass is 35.5. The van der Waals surface area contributed by atoms with Crippen molar-refractivity contribution in [2.24, 2.45) is 0 Å². The van der Waals surface area contributed by atoms with E-state index in [1.165, 1.54) is 55.2 Å². The topological polar surface area (TPSA) is 130 Å². The molecule has 0 fully saturated rings. The molecule has 3 rings (SSSR count). The third-order valence-electron chi connectivity index (χ3n) is 4.20. The number of methoxy groups -OCH3 is 1. The van der Waals surface area contributed by atoms with Gasteiger partial charge in [-0.15, -0.1) is 0 Å². The fraction of sp³-hybridized carbons (Fsp3) is 0.0476. The molecule has 4 N–H and O–H groups in total. The quantitative estimate of drug-likeness (QED) is 0.343. The molecule has 3 amide bonds. The van der Waals surface area contributed by atoms with Gasteiger partial charge in [0, 0.05) is 17.3 Å². The van der Waals surface area contributed by atoms with Crippen LogP contribution in [0.2, 0.25) is 5.02 Å². The van der Waals surface area contributed by atoms with E-state index in [9.17, 15) is 14.4 Å². The van der Waals surface area contributed by atoms with Crippen molar-refractivity contribution in [2.45, 2.75) is 0 Å². The van der Waals surface area contributed by atoms with E-state index < -0.39 is 17.7 Å². The molecule has 158 valence electrons. The molecule has 0 aliphatic heterocycles. The Hall–Kier alpha value is -3.95. The zero-order valence-electron chi connectivity index (χ0n) is 16.2. The lowest BCUT2D eigenvalue weighted by Gasteiger charge is -2.13. The molecule has 1 aromatic heterocycles. The number of anilines is 2. The number of hydrogen-bond acceptors (Lipinski definition) is 6. The third kappa shape index (κ3) is 5.35. The Kier molecular flexibility index (Phi) is 6.81. The number of nitrogens with one attached hydrogen (secondary N) is 3. The summed E-state index contributed by atoms with van der Waals surface area (Å²) in [5, 5.41) is 14.4. The van der Waals surface area contributed by atoms with Gasteiger partial charge in [-0.1, -0.05) is 11.6 Å². The molecule has 0 saturated carbocycles. The molecule has 10 heteroatoms. The van der Waals surface area contributed by atoms with Gasteiger partial charge in [0.2, 0.25) is 0 Å². The van der Waals surface area contributed by atoms with Crippen LogP contribution in [-0.4, -0.2) is 35.0 Å². The maximum absolute atomic E-state index is 12.8. The fourth-order valence-electron chi connectivity index (χ4n) is 2.61. The lowest BCUT2D eigenvalue weighted by atomic mass is 10.1. The summed E-state index contributed by atoms with van der Waals surface area (Å²) in [6, 6.07) is 13.3. The average molecular weight is 441 g/mol. The summed E-state index contributed by atoms with van der Waals surface area (Å²) < 4.78 is 5.18. The summed E-state index contributed by atoms with van der Waals surface area (Å²) in [6.07, 6.45) is 1.39. The first-order valence-corrected chi connectivity index (χ1v) is 9.26. The Balaban J connectivity index is 1.83. The monoisotopic (exact) mass is 440 g/mol. The molecule has 0 atom stereocenters. The molecule has 1 heterocycles. The minimum absolute atomic E-state index is 0.153. The number of aromatic nitrogens is 1. The smallest absolute Gasteiger partial charge is 0.274 e. The molecule has 3 aromatic rings. The molecular formula is C21H17ClN4O5. The van der Waals surface area contributed by atoms with Crippen molar-refractivity contribution in [3.8, 4) is 5.75 Å². The number of rotatable bonds is 6. The van der Waals surface area contributed by atoms with Crippen molar-refractivity contribution >= 4 is 40.8 Å². The first kappa shape index (κ1) is 21.8. The predicted molar refractivity (Wildman–Crippen MR) is 114 cm³/mol. The van der Waals surface area contributed by atoms with Crippen LogP contribution in [0.25, 0.3) is 0 Å². The van der Waals surface area contributed by atoms with Crippen molar-refractivity contribution in [1.82, 2.24) is 10.5 Å². The molecule has 31 heavy (non-hydrogen) atoms. The van der Waals surface area contributed by atoms with E-state index in [2.05, 4.69) is 15.6 Å². The SMILES string of the molecule is COc1ccc(NC(=O)c2ccc(C(=O)NO)cc2)c(C(=O)Nc2ccc(Cl)cn2)c1. The van der Waals surface area contributed by atoms with E-state index in [0.29, 0.717) is 10.8 Å². The highest BCUT2D eigenvalue weighted by Crippen LogP contribution is 2.24. The normalized spacial score (nSPS) is 10.2. The van der Waals surface area contributed by atoms with E-state index in [-0.39, 0.29) is 28.2 Å². The summed E-state index contributed by atoms with van der Waals surface area (Å²) in [6.45, 7) is 0. The minimum atomic E-state index is -0.697. The van der Waals surface area contributed by atoms with Gasteiger partial charge in [-0.25, -0.2) is 10.5 Å². The molecule has 0 saturated heterocycles. The van der Waals surface area contributed by atoms with Crippen LogP contribution in [-0.2, 0) is 0 Å². The summed E-state index contributed by atoms with van der Waals surface area (Å²) in [4.78, 5) is 40.9. The molecule has 0 spiro atoms. The number of hydroxylamine groups is 1. The minimum Gasteiger partial charge on any atom is -0.497 e. The number of amides is 3. The van der Waals surface area contributed by atoms with Crippen LogP contribution in [0, 0.1) is 0 Å². The van der Waals surface area contributed by atoms with Crippen molar-refractivity contribution in [2.75, 3.05) is 17.7 Å². The summed E-state index contributed by atoms with van der Waals surface area (Å²) >= 11 is 5.81. The highest BCUT2D eigenvalue weighted by Gasteiger charge is 2.17. The van der Waals surface area contributed by atoms with Gasteiger partial charge in [0.05, 0.1) is 23.4 Å². The van der Waals surface area contributed by atoms with Gasteiger partial charge < -0.3 is 15.4 Å². The van der Waals surface area contributed by atoms with E-state index in [4.69, 9.17) is 21.5 Å². The number of carbonyl (C=O) groups excluding carboxylic acids is 3. The van der Waals surface area contributed by atoms with Gasteiger partial charge in [0.1, 0.15) is 11.6 Å². The van der Waals surface area contributed by atoms with Gasteiger partial charge >= 0.3 is 0 Å². The van der Waals surface area contributed by atoms with Crippen molar-refractivity contribution in [1.29, 1.82) is 0 Å². The van der Waals surface area contributed by atoms with Crippen LogP contribution in [0.1, 0.15) is 31.1 Å². The zero-order chi connectivity index (χ0) is 22.4. The lowest BCUT2D eigenvalue weighted by Crippen LogP contribution is -2.20. The maximum atomic E-state index is 12.8. The van der Waals surface area contributed by atoms with Crippen molar-refractivity contribution < 1.29 is 24.3 Å². The van der Waals surface area contributed by atoms with E-state index in [0.717, 1.165) is 0 Å². The third-order valence-corrected chi connectivity index (χ3v) is 4.42. The second-order valence-corrected chi connectivity index (χ2v) is 6.64. The molecule has 9 nitrogen and oxygen atoms in total. The molecule has 0 aliphatic carbocycles. The van der Waals surface area contributed by atoms with Gasteiger partial charge in [-0.05, 0) is 54.6 Å². The zero-order valence-corrected chi connectivity index (χ0v) is 16.9. The molecule has 2 aromatic carbocycles. The lowest BCUT2D eigenvalue weighted by molar-refractivity contribution is 0.0706. The van der Waals surface area contributed by atoms with Gasteiger partial charge in [-0.2, -0.15) is 0 Å². The Morgan fingerprint density at radius 3 is 2.16 bits per heavy atom. The highest BCUT2D eigenvalue weighted by molar-refractivity contribution is 6.30. The maximum Gasteiger partial charge on any atom is 0.274 e. The number of ether oxygens (including phenoxy) is 1. The Morgan fingerprint density at radius 2 is 1.58 bits per heavy atom. The van der Waals surface area contributed by atoms with Crippen molar-refractivity contribution in [3.63, 3.8) is 0 Å². The first-order valence-electron chi connectivity index (χ1n) is 8.88. The van der Waals surface area contributed by atoms with Gasteiger partial charge in [0.15, 0.2) is 0 Å². The molecule has 0 bridgehead atoms. The second-order valence-electron chi connectivity index (χ2n) is 6.20. The van der Waals surface area contributed by atoms with Crippen molar-refractivity contribution in [3.05, 3.63) is 82.5 Å².